The van der Waals surface area contributed by atoms with Crippen molar-refractivity contribution in [3.05, 3.63) is 41.7 Å². The fourth-order valence-electron chi connectivity index (χ4n) is 2.01. The van der Waals surface area contributed by atoms with E-state index >= 15 is 0 Å². The minimum absolute atomic E-state index is 0.0647. The highest BCUT2D eigenvalue weighted by molar-refractivity contribution is 6.02. The van der Waals surface area contributed by atoms with E-state index in [-0.39, 0.29) is 18.2 Å². The normalized spacial score (nSPS) is 10.2. The Morgan fingerprint density at radius 2 is 1.83 bits per heavy atom. The molecular weight excluding hydrogens is 298 g/mol. The molecule has 1 aromatic heterocycles. The fourth-order valence-corrected chi connectivity index (χ4v) is 2.01. The van der Waals surface area contributed by atoms with Crippen LogP contribution in [-0.2, 0) is 9.59 Å². The van der Waals surface area contributed by atoms with Gasteiger partial charge in [0.2, 0.25) is 11.8 Å². The van der Waals surface area contributed by atoms with Crippen molar-refractivity contribution in [2.24, 2.45) is 0 Å². The topological polar surface area (TPSA) is 92.5 Å². The van der Waals surface area contributed by atoms with E-state index in [4.69, 9.17) is 4.52 Å². The zero-order valence-corrected chi connectivity index (χ0v) is 13.1. The minimum Gasteiger partial charge on any atom is -0.360 e. The van der Waals surface area contributed by atoms with Crippen LogP contribution in [0.2, 0.25) is 0 Å². The van der Waals surface area contributed by atoms with Gasteiger partial charge in [-0.15, -0.1) is 0 Å². The molecule has 0 bridgehead atoms. The van der Waals surface area contributed by atoms with Crippen molar-refractivity contribution in [1.82, 2.24) is 5.16 Å². The van der Waals surface area contributed by atoms with Gasteiger partial charge < -0.3 is 14.7 Å². The Kier molecular flexibility index (Phi) is 4.90. The van der Waals surface area contributed by atoms with Gasteiger partial charge in [-0.2, -0.15) is 0 Å². The van der Waals surface area contributed by atoms with Gasteiger partial charge in [0, 0.05) is 24.2 Å². The number of carbonyl (C=O) groups is 3. The predicted molar refractivity (Wildman–Crippen MR) is 84.3 cm³/mol. The summed E-state index contributed by atoms with van der Waals surface area (Å²) in [4.78, 5) is 36.4. The lowest BCUT2D eigenvalue weighted by Crippen LogP contribution is -2.36. The Balaban J connectivity index is 2.10. The van der Waals surface area contributed by atoms with Gasteiger partial charge in [0.1, 0.15) is 12.3 Å². The molecule has 120 valence electrons. The van der Waals surface area contributed by atoms with Crippen LogP contribution < -0.4 is 10.2 Å². The van der Waals surface area contributed by atoms with Crippen LogP contribution in [0.5, 0.6) is 0 Å². The monoisotopic (exact) mass is 315 g/mol. The van der Waals surface area contributed by atoms with Crippen LogP contribution in [0.4, 0.5) is 11.5 Å². The molecule has 0 saturated carbocycles. The molecule has 1 heterocycles. The van der Waals surface area contributed by atoms with Gasteiger partial charge in [-0.25, -0.2) is 0 Å². The van der Waals surface area contributed by atoms with Crippen LogP contribution in [0.15, 0.2) is 34.9 Å². The molecule has 0 aliphatic carbocycles. The summed E-state index contributed by atoms with van der Waals surface area (Å²) in [5.74, 6) is 0.118. The molecule has 7 heteroatoms. The number of aryl methyl sites for hydroxylation is 1. The molecule has 0 aliphatic heterocycles. The van der Waals surface area contributed by atoms with Crippen LogP contribution in [0.1, 0.15) is 30.0 Å². The van der Waals surface area contributed by atoms with E-state index in [9.17, 15) is 14.4 Å². The second kappa shape index (κ2) is 6.87. The van der Waals surface area contributed by atoms with Crippen LogP contribution >= 0.6 is 0 Å². The summed E-state index contributed by atoms with van der Waals surface area (Å²) in [6.07, 6.45) is 0. The molecule has 0 fully saturated rings. The van der Waals surface area contributed by atoms with E-state index < -0.39 is 5.91 Å². The molecular formula is C16H17N3O4. The highest BCUT2D eigenvalue weighted by atomic mass is 16.5. The molecule has 1 aromatic carbocycles. The van der Waals surface area contributed by atoms with Crippen molar-refractivity contribution in [3.8, 4) is 0 Å². The van der Waals surface area contributed by atoms with Gasteiger partial charge >= 0.3 is 0 Å². The molecule has 0 atom stereocenters. The lowest BCUT2D eigenvalue weighted by molar-refractivity contribution is -0.120. The Labute approximate surface area is 133 Å². The van der Waals surface area contributed by atoms with E-state index in [0.717, 1.165) is 0 Å². The highest BCUT2D eigenvalue weighted by Gasteiger charge is 2.17. The zero-order valence-electron chi connectivity index (χ0n) is 13.1. The number of hydrogen-bond donors (Lipinski definition) is 1. The Morgan fingerprint density at radius 3 is 2.30 bits per heavy atom. The molecule has 0 aliphatic rings. The summed E-state index contributed by atoms with van der Waals surface area (Å²) in [5.41, 5.74) is 1.08. The third kappa shape index (κ3) is 4.26. The highest BCUT2D eigenvalue weighted by Crippen LogP contribution is 2.16. The van der Waals surface area contributed by atoms with Crippen LogP contribution in [0.25, 0.3) is 0 Å². The second-order valence-corrected chi connectivity index (χ2v) is 5.08. The first-order valence-electron chi connectivity index (χ1n) is 6.99. The lowest BCUT2D eigenvalue weighted by atomic mass is 10.1. The first kappa shape index (κ1) is 16.4. The van der Waals surface area contributed by atoms with Gasteiger partial charge in [0.15, 0.2) is 11.6 Å². The number of rotatable bonds is 5. The maximum Gasteiger partial charge on any atom is 0.245 e. The standard InChI is InChI=1S/C16H17N3O4/c1-10-8-15(18-23-10)17-16(22)9-19(12(3)21)14-6-4-13(5-7-14)11(2)20/h4-8H,9H2,1-3H3,(H,17,18,22). The van der Waals surface area contributed by atoms with Crippen molar-refractivity contribution in [1.29, 1.82) is 0 Å². The number of ketones is 1. The largest absolute Gasteiger partial charge is 0.360 e. The summed E-state index contributed by atoms with van der Waals surface area (Å²) in [6, 6.07) is 8.08. The second-order valence-electron chi connectivity index (χ2n) is 5.08. The molecule has 0 radical (unpaired) electrons. The van der Waals surface area contributed by atoms with Crippen LogP contribution in [0, 0.1) is 6.92 Å². The Morgan fingerprint density at radius 1 is 1.17 bits per heavy atom. The zero-order chi connectivity index (χ0) is 17.0. The number of nitrogens with one attached hydrogen (secondary N) is 1. The van der Waals surface area contributed by atoms with Gasteiger partial charge in [-0.05, 0) is 38.1 Å². The fraction of sp³-hybridized carbons (Fsp3) is 0.250. The number of benzene rings is 1. The van der Waals surface area contributed by atoms with Gasteiger partial charge in [-0.3, -0.25) is 14.4 Å². The van der Waals surface area contributed by atoms with E-state index in [1.54, 1.807) is 37.3 Å². The first-order valence-corrected chi connectivity index (χ1v) is 6.99. The van der Waals surface area contributed by atoms with Crippen LogP contribution in [-0.4, -0.2) is 29.3 Å². The number of hydrogen-bond acceptors (Lipinski definition) is 5. The summed E-state index contributed by atoms with van der Waals surface area (Å²) in [7, 11) is 0. The molecule has 0 saturated heterocycles. The third-order valence-corrected chi connectivity index (χ3v) is 3.16. The maximum absolute atomic E-state index is 12.0. The number of anilines is 2. The quantitative estimate of drug-likeness (QED) is 0.854. The summed E-state index contributed by atoms with van der Waals surface area (Å²) in [6.45, 7) is 4.37. The van der Waals surface area contributed by atoms with Crippen molar-refractivity contribution >= 4 is 29.1 Å². The average Bonchev–Trinajstić information content (AvgIpc) is 2.89. The van der Waals surface area contributed by atoms with Crippen molar-refractivity contribution in [2.45, 2.75) is 20.8 Å². The molecule has 23 heavy (non-hydrogen) atoms. The van der Waals surface area contributed by atoms with E-state index in [1.807, 2.05) is 0 Å². The number of carbonyl (C=O) groups excluding carboxylic acids is 3. The summed E-state index contributed by atoms with van der Waals surface area (Å²) >= 11 is 0. The molecule has 1 N–H and O–H groups in total. The lowest BCUT2D eigenvalue weighted by Gasteiger charge is -2.20. The first-order chi connectivity index (χ1) is 10.9. The smallest absolute Gasteiger partial charge is 0.245 e. The molecule has 2 amide bonds. The SMILES string of the molecule is CC(=O)c1ccc(N(CC(=O)Nc2cc(C)on2)C(C)=O)cc1. The van der Waals surface area contributed by atoms with Crippen molar-refractivity contribution in [2.75, 3.05) is 16.8 Å². The van der Waals surface area contributed by atoms with Gasteiger partial charge in [-0.1, -0.05) is 5.16 Å². The summed E-state index contributed by atoms with van der Waals surface area (Å²) < 4.78 is 4.86. The number of amides is 2. The van der Waals surface area contributed by atoms with Crippen LogP contribution in [0.3, 0.4) is 0 Å². The molecule has 2 rings (SSSR count). The third-order valence-electron chi connectivity index (χ3n) is 3.16. The number of nitrogens with zero attached hydrogens (tertiary/aromatic N) is 2. The van der Waals surface area contributed by atoms with Gasteiger partial charge in [0.25, 0.3) is 0 Å². The maximum atomic E-state index is 12.0. The summed E-state index contributed by atoms with van der Waals surface area (Å²) in [5, 5.41) is 6.22. The molecule has 7 nitrogen and oxygen atoms in total. The minimum atomic E-state index is -0.399. The van der Waals surface area contributed by atoms with E-state index in [2.05, 4.69) is 10.5 Å². The number of Topliss-reactive ketones (excluding diaryl/α,β-unsaturated/α-hetero) is 1. The average molecular weight is 315 g/mol. The number of aromatic nitrogens is 1. The van der Waals surface area contributed by atoms with Crippen molar-refractivity contribution in [3.63, 3.8) is 0 Å². The molecule has 2 aromatic rings. The Hall–Kier alpha value is -2.96. The molecule has 0 spiro atoms. The van der Waals surface area contributed by atoms with E-state index in [0.29, 0.717) is 22.8 Å². The van der Waals surface area contributed by atoms with Crippen molar-refractivity contribution < 1.29 is 18.9 Å². The van der Waals surface area contributed by atoms with E-state index in [1.165, 1.54) is 18.7 Å². The predicted octanol–water partition coefficient (Wildman–Crippen LogP) is 2.18. The molecule has 0 unspecified atom stereocenters. The Bertz CT molecular complexity index is 734. The van der Waals surface area contributed by atoms with Gasteiger partial charge in [0.05, 0.1) is 0 Å².